The van der Waals surface area contributed by atoms with Crippen molar-refractivity contribution in [3.63, 3.8) is 0 Å². The molecule has 4 aliphatic rings. The van der Waals surface area contributed by atoms with E-state index in [9.17, 15) is 18.8 Å². The number of ether oxygens (including phenoxy) is 1. The molecule has 6 rings (SSSR count). The summed E-state index contributed by atoms with van der Waals surface area (Å²) in [6, 6.07) is 10.7. The molecule has 2 aromatic carbocycles. The second-order valence-electron chi connectivity index (χ2n) is 8.53. The number of nitrogens with one attached hydrogen (secondary N) is 1. The third-order valence-electron chi connectivity index (χ3n) is 7.27. The van der Waals surface area contributed by atoms with Crippen molar-refractivity contribution >= 4 is 29.1 Å². The molecule has 4 aliphatic heterocycles. The van der Waals surface area contributed by atoms with E-state index in [1.807, 2.05) is 4.90 Å². The first kappa shape index (κ1) is 18.5. The number of carbonyl (C=O) groups excluding carboxylic acids is 3. The Morgan fingerprint density at radius 1 is 1.13 bits per heavy atom. The zero-order valence-electron chi connectivity index (χ0n) is 16.8. The predicted octanol–water partition coefficient (Wildman–Crippen LogP) is 2.27. The van der Waals surface area contributed by atoms with E-state index in [-0.39, 0.29) is 17.9 Å². The minimum atomic E-state index is -1.37. The van der Waals surface area contributed by atoms with Crippen molar-refractivity contribution in [3.8, 4) is 5.75 Å². The van der Waals surface area contributed by atoms with Gasteiger partial charge in [0, 0.05) is 23.4 Å². The third kappa shape index (κ3) is 2.13. The predicted molar refractivity (Wildman–Crippen MR) is 109 cm³/mol. The van der Waals surface area contributed by atoms with E-state index in [1.54, 1.807) is 24.3 Å². The van der Waals surface area contributed by atoms with Gasteiger partial charge in [-0.2, -0.15) is 0 Å². The van der Waals surface area contributed by atoms with Crippen molar-refractivity contribution in [2.45, 2.75) is 24.4 Å². The molecule has 1 N–H and O–H groups in total. The molecule has 0 bridgehead atoms. The molecule has 0 unspecified atom stereocenters. The van der Waals surface area contributed by atoms with Crippen LogP contribution in [0.4, 0.5) is 15.8 Å². The maximum Gasteiger partial charge on any atom is 0.250 e. The highest BCUT2D eigenvalue weighted by Gasteiger charge is 2.74. The summed E-state index contributed by atoms with van der Waals surface area (Å²) in [6.45, 7) is 0.584. The molecule has 31 heavy (non-hydrogen) atoms. The maximum atomic E-state index is 14.3. The number of nitrogens with zero attached hydrogens (tertiary/aromatic N) is 2. The molecule has 4 heterocycles. The molecule has 3 amide bonds. The topological polar surface area (TPSA) is 78.9 Å². The van der Waals surface area contributed by atoms with Gasteiger partial charge in [-0.25, -0.2) is 9.29 Å². The molecule has 158 valence electrons. The monoisotopic (exact) mass is 421 g/mol. The quantitative estimate of drug-likeness (QED) is 0.753. The van der Waals surface area contributed by atoms with Crippen LogP contribution in [0.1, 0.15) is 18.4 Å². The summed E-state index contributed by atoms with van der Waals surface area (Å²) < 4.78 is 19.5. The van der Waals surface area contributed by atoms with Crippen molar-refractivity contribution in [2.24, 2.45) is 11.8 Å². The number of anilines is 2. The molecule has 4 atom stereocenters. The highest BCUT2D eigenvalue weighted by atomic mass is 19.1. The second-order valence-corrected chi connectivity index (χ2v) is 8.53. The number of fused-ring (bicyclic) bond motifs is 7. The van der Waals surface area contributed by atoms with Crippen LogP contribution >= 0.6 is 0 Å². The SMILES string of the molecule is COc1cccc(N2C(=O)[C@H]3[C@@H](C2=O)[C@]2(C(=O)Nc4ccc(F)cc42)N2CCC[C@@H]32)c1. The van der Waals surface area contributed by atoms with E-state index in [4.69, 9.17) is 4.74 Å². The van der Waals surface area contributed by atoms with Crippen LogP contribution in [0.15, 0.2) is 42.5 Å². The summed E-state index contributed by atoms with van der Waals surface area (Å²) >= 11 is 0. The summed E-state index contributed by atoms with van der Waals surface area (Å²) in [6.07, 6.45) is 1.53. The Hall–Kier alpha value is -3.26. The van der Waals surface area contributed by atoms with Gasteiger partial charge in [-0.3, -0.25) is 19.3 Å². The number of rotatable bonds is 2. The van der Waals surface area contributed by atoms with Gasteiger partial charge in [0.15, 0.2) is 0 Å². The van der Waals surface area contributed by atoms with Crippen molar-refractivity contribution in [1.82, 2.24) is 4.90 Å². The summed E-state index contributed by atoms with van der Waals surface area (Å²) in [5.41, 5.74) is -0.00600. The summed E-state index contributed by atoms with van der Waals surface area (Å²) in [4.78, 5) is 44.0. The van der Waals surface area contributed by atoms with E-state index in [0.29, 0.717) is 35.7 Å². The fraction of sp³-hybridized carbons (Fsp3) is 0.348. The van der Waals surface area contributed by atoms with E-state index in [2.05, 4.69) is 5.32 Å². The van der Waals surface area contributed by atoms with E-state index in [1.165, 1.54) is 30.2 Å². The van der Waals surface area contributed by atoms with Gasteiger partial charge >= 0.3 is 0 Å². The van der Waals surface area contributed by atoms with Crippen molar-refractivity contribution in [2.75, 3.05) is 23.9 Å². The van der Waals surface area contributed by atoms with Gasteiger partial charge in [0.25, 0.3) is 0 Å². The number of hydrogen-bond acceptors (Lipinski definition) is 5. The molecule has 0 aromatic heterocycles. The Bertz CT molecular complexity index is 1170. The number of benzene rings is 2. The molecule has 0 radical (unpaired) electrons. The van der Waals surface area contributed by atoms with Gasteiger partial charge in [-0.05, 0) is 49.7 Å². The van der Waals surface area contributed by atoms with Crippen LogP contribution < -0.4 is 15.0 Å². The first-order valence-corrected chi connectivity index (χ1v) is 10.4. The lowest BCUT2D eigenvalue weighted by Crippen LogP contribution is -2.54. The molecule has 3 fully saturated rings. The number of carbonyl (C=O) groups is 3. The van der Waals surface area contributed by atoms with Crippen molar-refractivity contribution in [1.29, 1.82) is 0 Å². The van der Waals surface area contributed by atoms with Crippen LogP contribution in [0.25, 0.3) is 0 Å². The maximum absolute atomic E-state index is 14.3. The average Bonchev–Trinajstić information content (AvgIpc) is 3.46. The molecule has 0 aliphatic carbocycles. The van der Waals surface area contributed by atoms with Crippen molar-refractivity contribution < 1.29 is 23.5 Å². The van der Waals surface area contributed by atoms with Crippen LogP contribution in [0.5, 0.6) is 5.75 Å². The standard InChI is InChI=1S/C23H20FN3O4/c1-31-14-5-2-4-13(11-14)27-20(28)18-17-6-3-9-26(17)23(19(18)21(27)29)15-10-12(24)7-8-16(15)25-22(23)30/h2,4-5,7-8,10-11,17-19H,3,6,9H2,1H3,(H,25,30)/t17-,18+,19-,23+/m0/s1. The molecule has 8 heteroatoms. The summed E-state index contributed by atoms with van der Waals surface area (Å²) in [7, 11) is 1.52. The van der Waals surface area contributed by atoms with E-state index >= 15 is 0 Å². The Morgan fingerprint density at radius 3 is 2.77 bits per heavy atom. The highest BCUT2D eigenvalue weighted by Crippen LogP contribution is 2.60. The Balaban J connectivity index is 1.55. The van der Waals surface area contributed by atoms with E-state index in [0.717, 1.165) is 6.42 Å². The van der Waals surface area contributed by atoms with Crippen LogP contribution in [-0.4, -0.2) is 42.3 Å². The summed E-state index contributed by atoms with van der Waals surface area (Å²) in [5, 5.41) is 2.84. The number of imide groups is 1. The molecule has 7 nitrogen and oxygen atoms in total. The smallest absolute Gasteiger partial charge is 0.250 e. The van der Waals surface area contributed by atoms with Crippen LogP contribution in [0.3, 0.4) is 0 Å². The van der Waals surface area contributed by atoms with Gasteiger partial charge in [-0.15, -0.1) is 0 Å². The Labute approximate surface area is 177 Å². The largest absolute Gasteiger partial charge is 0.497 e. The minimum Gasteiger partial charge on any atom is -0.497 e. The molecular formula is C23H20FN3O4. The van der Waals surface area contributed by atoms with Gasteiger partial charge in [-0.1, -0.05) is 6.07 Å². The Kier molecular flexibility index (Phi) is 3.66. The van der Waals surface area contributed by atoms with Crippen LogP contribution in [-0.2, 0) is 19.9 Å². The molecule has 0 saturated carbocycles. The fourth-order valence-electron chi connectivity index (χ4n) is 6.18. The van der Waals surface area contributed by atoms with Crippen molar-refractivity contribution in [3.05, 3.63) is 53.8 Å². The van der Waals surface area contributed by atoms with Crippen LogP contribution in [0, 0.1) is 17.7 Å². The number of amides is 3. The highest BCUT2D eigenvalue weighted by molar-refractivity contribution is 6.25. The zero-order chi connectivity index (χ0) is 21.5. The summed E-state index contributed by atoms with van der Waals surface area (Å²) in [5.74, 6) is -2.60. The van der Waals surface area contributed by atoms with Gasteiger partial charge in [0.1, 0.15) is 17.1 Å². The average molecular weight is 421 g/mol. The van der Waals surface area contributed by atoms with Gasteiger partial charge < -0.3 is 10.1 Å². The fourth-order valence-corrected chi connectivity index (χ4v) is 6.18. The zero-order valence-corrected chi connectivity index (χ0v) is 16.8. The second kappa shape index (κ2) is 6.13. The molecule has 2 aromatic rings. The first-order valence-electron chi connectivity index (χ1n) is 10.4. The lowest BCUT2D eigenvalue weighted by Gasteiger charge is -2.36. The lowest BCUT2D eigenvalue weighted by atomic mass is 9.75. The first-order chi connectivity index (χ1) is 15.0. The normalized spacial score (nSPS) is 31.2. The molecule has 1 spiro atoms. The van der Waals surface area contributed by atoms with E-state index < -0.39 is 29.1 Å². The third-order valence-corrected chi connectivity index (χ3v) is 7.27. The van der Waals surface area contributed by atoms with Crippen LogP contribution in [0.2, 0.25) is 0 Å². The lowest BCUT2D eigenvalue weighted by molar-refractivity contribution is -0.135. The van der Waals surface area contributed by atoms with Gasteiger partial charge in [0.05, 0.1) is 24.6 Å². The number of methoxy groups -OCH3 is 1. The minimum absolute atomic E-state index is 0.239. The van der Waals surface area contributed by atoms with Gasteiger partial charge in [0.2, 0.25) is 17.7 Å². The number of halogens is 1. The number of hydrogen-bond donors (Lipinski definition) is 1. The molecule has 3 saturated heterocycles. The Morgan fingerprint density at radius 2 is 1.97 bits per heavy atom. The molecular weight excluding hydrogens is 401 g/mol.